The molecule has 0 spiro atoms. The minimum absolute atomic E-state index is 0.0159. The third-order valence-corrected chi connectivity index (χ3v) is 6.88. The fourth-order valence-electron chi connectivity index (χ4n) is 4.57. The number of carbonyl (C=O) groups is 1. The molecule has 35 heavy (non-hydrogen) atoms. The third kappa shape index (κ3) is 4.37. The van der Waals surface area contributed by atoms with E-state index < -0.39 is 0 Å². The zero-order valence-corrected chi connectivity index (χ0v) is 20.5. The van der Waals surface area contributed by atoms with Crippen LogP contribution in [0, 0.1) is 4.77 Å². The van der Waals surface area contributed by atoms with Crippen molar-refractivity contribution in [1.29, 1.82) is 0 Å². The van der Waals surface area contributed by atoms with E-state index in [0.717, 1.165) is 35.4 Å². The summed E-state index contributed by atoms with van der Waals surface area (Å²) < 4.78 is 12.3. The Kier molecular flexibility index (Phi) is 6.21. The number of hydrogen-bond donors (Lipinski definition) is 2. The standard InChI is InChI=1S/C25H27N5O4S/c1-33-17-5-3-16(4-6-17)28-11-13-29(14-12-28)21(31)9-10-30-24(32)23-22(27-25(30)35)19-15-18(34-2)7-8-20(19)26-23/h3-8,15,26H,9-14H2,1-2H3,(H,27,35). The van der Waals surface area contributed by atoms with Gasteiger partial charge in [0.25, 0.3) is 5.56 Å². The minimum Gasteiger partial charge on any atom is -0.497 e. The number of fused-ring (bicyclic) bond motifs is 3. The van der Waals surface area contributed by atoms with E-state index in [1.807, 2.05) is 47.4 Å². The van der Waals surface area contributed by atoms with Gasteiger partial charge in [0, 0.05) is 55.7 Å². The maximum absolute atomic E-state index is 13.2. The van der Waals surface area contributed by atoms with Crippen molar-refractivity contribution in [2.24, 2.45) is 0 Å². The number of rotatable bonds is 6. The number of anilines is 1. The molecule has 1 saturated heterocycles. The van der Waals surface area contributed by atoms with Gasteiger partial charge in [0.05, 0.1) is 19.7 Å². The van der Waals surface area contributed by atoms with Crippen LogP contribution in [0.3, 0.4) is 0 Å². The Labute approximate surface area is 206 Å². The van der Waals surface area contributed by atoms with E-state index >= 15 is 0 Å². The molecule has 5 rings (SSSR count). The van der Waals surface area contributed by atoms with Crippen LogP contribution in [0.1, 0.15) is 6.42 Å². The Morgan fingerprint density at radius 1 is 0.943 bits per heavy atom. The van der Waals surface area contributed by atoms with Gasteiger partial charge < -0.3 is 29.2 Å². The lowest BCUT2D eigenvalue weighted by Crippen LogP contribution is -2.49. The summed E-state index contributed by atoms with van der Waals surface area (Å²) in [5.41, 5.74) is 2.76. The molecule has 1 fully saturated rings. The zero-order chi connectivity index (χ0) is 24.5. The molecular formula is C25H27N5O4S. The van der Waals surface area contributed by atoms with Crippen LogP contribution in [0.4, 0.5) is 5.69 Å². The third-order valence-electron chi connectivity index (χ3n) is 6.56. The molecule has 0 unspecified atom stereocenters. The van der Waals surface area contributed by atoms with Crippen LogP contribution >= 0.6 is 12.2 Å². The van der Waals surface area contributed by atoms with Gasteiger partial charge in [0.15, 0.2) is 4.77 Å². The van der Waals surface area contributed by atoms with Crippen LogP contribution in [-0.2, 0) is 11.3 Å². The molecule has 1 aliphatic heterocycles. The van der Waals surface area contributed by atoms with Crippen molar-refractivity contribution in [1.82, 2.24) is 19.4 Å². The first-order chi connectivity index (χ1) is 17.0. The Bertz CT molecular complexity index is 1500. The van der Waals surface area contributed by atoms with Crippen LogP contribution in [0.15, 0.2) is 47.3 Å². The maximum atomic E-state index is 13.2. The molecular weight excluding hydrogens is 466 g/mol. The first kappa shape index (κ1) is 23.0. The Morgan fingerprint density at radius 3 is 2.31 bits per heavy atom. The van der Waals surface area contributed by atoms with Crippen molar-refractivity contribution in [2.75, 3.05) is 45.3 Å². The molecule has 0 aliphatic carbocycles. The summed E-state index contributed by atoms with van der Waals surface area (Å²) in [5.74, 6) is 1.53. The molecule has 10 heteroatoms. The fourth-order valence-corrected chi connectivity index (χ4v) is 4.84. The van der Waals surface area contributed by atoms with Crippen LogP contribution in [-0.4, -0.2) is 65.7 Å². The highest BCUT2D eigenvalue weighted by Gasteiger charge is 2.22. The van der Waals surface area contributed by atoms with Crippen LogP contribution in [0.2, 0.25) is 0 Å². The van der Waals surface area contributed by atoms with Gasteiger partial charge in [-0.05, 0) is 54.7 Å². The first-order valence-electron chi connectivity index (χ1n) is 11.5. The van der Waals surface area contributed by atoms with Crippen molar-refractivity contribution in [2.45, 2.75) is 13.0 Å². The van der Waals surface area contributed by atoms with E-state index in [0.29, 0.717) is 34.6 Å². The molecule has 9 nitrogen and oxygen atoms in total. The van der Waals surface area contributed by atoms with Crippen LogP contribution in [0.25, 0.3) is 21.9 Å². The highest BCUT2D eigenvalue weighted by molar-refractivity contribution is 7.71. The first-order valence-corrected chi connectivity index (χ1v) is 11.9. The van der Waals surface area contributed by atoms with E-state index in [4.69, 9.17) is 21.7 Å². The van der Waals surface area contributed by atoms with Crippen molar-refractivity contribution < 1.29 is 14.3 Å². The molecule has 3 heterocycles. The number of aromatic nitrogens is 3. The van der Waals surface area contributed by atoms with Crippen molar-refractivity contribution >= 4 is 45.7 Å². The number of nitrogens with one attached hydrogen (secondary N) is 2. The van der Waals surface area contributed by atoms with E-state index in [1.165, 1.54) is 4.57 Å². The largest absolute Gasteiger partial charge is 0.497 e. The second-order valence-corrected chi connectivity index (χ2v) is 8.88. The van der Waals surface area contributed by atoms with Gasteiger partial charge in [-0.3, -0.25) is 14.2 Å². The molecule has 0 saturated carbocycles. The Balaban J connectivity index is 1.27. The molecule has 0 radical (unpaired) electrons. The number of hydrogen-bond acceptors (Lipinski definition) is 6. The predicted molar refractivity (Wildman–Crippen MR) is 138 cm³/mol. The summed E-state index contributed by atoms with van der Waals surface area (Å²) in [6.07, 6.45) is 0.208. The molecule has 2 N–H and O–H groups in total. The summed E-state index contributed by atoms with van der Waals surface area (Å²) >= 11 is 5.47. The van der Waals surface area contributed by atoms with Crippen molar-refractivity contribution in [3.63, 3.8) is 0 Å². The van der Waals surface area contributed by atoms with E-state index in [1.54, 1.807) is 14.2 Å². The zero-order valence-electron chi connectivity index (χ0n) is 19.7. The molecule has 0 bridgehead atoms. The number of ether oxygens (including phenoxy) is 2. The van der Waals surface area contributed by atoms with Gasteiger partial charge in [-0.25, -0.2) is 0 Å². The number of benzene rings is 2. The number of nitrogens with zero attached hydrogens (tertiary/aromatic N) is 3. The highest BCUT2D eigenvalue weighted by atomic mass is 32.1. The number of carbonyl (C=O) groups excluding carboxylic acids is 1. The van der Waals surface area contributed by atoms with E-state index in [-0.39, 0.29) is 24.4 Å². The molecule has 0 atom stereocenters. The summed E-state index contributed by atoms with van der Waals surface area (Å²) in [4.78, 5) is 36.5. The lowest BCUT2D eigenvalue weighted by molar-refractivity contribution is -0.131. The number of H-pyrrole nitrogens is 2. The molecule has 182 valence electrons. The number of piperazine rings is 1. The minimum atomic E-state index is -0.240. The second-order valence-electron chi connectivity index (χ2n) is 8.49. The number of aromatic amines is 2. The van der Waals surface area contributed by atoms with Gasteiger partial charge >= 0.3 is 0 Å². The molecule has 1 amide bonds. The van der Waals surface area contributed by atoms with Gasteiger partial charge in [-0.2, -0.15) is 0 Å². The lowest BCUT2D eigenvalue weighted by Gasteiger charge is -2.36. The molecule has 1 aliphatic rings. The van der Waals surface area contributed by atoms with Crippen molar-refractivity contribution in [3.8, 4) is 11.5 Å². The second kappa shape index (κ2) is 9.46. The summed E-state index contributed by atoms with van der Waals surface area (Å²) in [6.45, 7) is 3.00. The van der Waals surface area contributed by atoms with Gasteiger partial charge in [-0.15, -0.1) is 0 Å². The smallest absolute Gasteiger partial charge is 0.278 e. The Morgan fingerprint density at radius 2 is 1.63 bits per heavy atom. The monoisotopic (exact) mass is 493 g/mol. The SMILES string of the molecule is COc1ccc(N2CCN(C(=O)CCn3c(=S)[nH]c4c([nH]c5ccc(OC)cc54)c3=O)CC2)cc1. The van der Waals surface area contributed by atoms with Crippen LogP contribution < -0.4 is 19.9 Å². The van der Waals surface area contributed by atoms with Gasteiger partial charge in [-0.1, -0.05) is 0 Å². The molecule has 2 aromatic carbocycles. The van der Waals surface area contributed by atoms with Gasteiger partial charge in [0.1, 0.15) is 17.0 Å². The molecule has 4 aromatic rings. The summed E-state index contributed by atoms with van der Waals surface area (Å²) in [6, 6.07) is 13.5. The average Bonchev–Trinajstić information content (AvgIpc) is 3.26. The number of amides is 1. The fraction of sp³-hybridized carbons (Fsp3) is 0.320. The van der Waals surface area contributed by atoms with E-state index in [9.17, 15) is 9.59 Å². The number of methoxy groups -OCH3 is 2. The quantitative estimate of drug-likeness (QED) is 0.400. The molecule has 2 aromatic heterocycles. The summed E-state index contributed by atoms with van der Waals surface area (Å²) in [7, 11) is 3.25. The van der Waals surface area contributed by atoms with Crippen LogP contribution in [0.5, 0.6) is 11.5 Å². The van der Waals surface area contributed by atoms with Crippen molar-refractivity contribution in [3.05, 3.63) is 57.6 Å². The lowest BCUT2D eigenvalue weighted by atomic mass is 10.2. The predicted octanol–water partition coefficient (Wildman–Crippen LogP) is 3.30. The Hall–Kier alpha value is -3.79. The highest BCUT2D eigenvalue weighted by Crippen LogP contribution is 2.26. The average molecular weight is 494 g/mol. The normalized spacial score (nSPS) is 14.0. The summed E-state index contributed by atoms with van der Waals surface area (Å²) in [5, 5.41) is 0.834. The van der Waals surface area contributed by atoms with E-state index in [2.05, 4.69) is 14.9 Å². The van der Waals surface area contributed by atoms with Gasteiger partial charge in [0.2, 0.25) is 5.91 Å². The topological polar surface area (TPSA) is 95.6 Å². The maximum Gasteiger partial charge on any atom is 0.278 e.